The standard InChI is InChI=1S/C29H28N6O3/c1-37-22-12-9-19(10-13-22)18-35-28(31-32-33-35)27(34-15-5-7-20-6-3-4-8-26(20)34)24-16-21-11-14-23(38-2)17-25(21)30-29(24)36/h3-4,6,8-14,16-17,27H,5,7,15,18H2,1-2H3,(H,30,36)/t27-/m1/s1. The Morgan fingerprint density at radius 3 is 2.58 bits per heavy atom. The maximum Gasteiger partial charge on any atom is 0.254 e. The van der Waals surface area contributed by atoms with Crippen LogP contribution in [0.4, 0.5) is 5.69 Å². The van der Waals surface area contributed by atoms with Gasteiger partial charge in [0.05, 0.1) is 26.3 Å². The summed E-state index contributed by atoms with van der Waals surface area (Å²) in [5.74, 6) is 2.08. The van der Waals surface area contributed by atoms with E-state index < -0.39 is 6.04 Å². The fourth-order valence-corrected chi connectivity index (χ4v) is 5.23. The van der Waals surface area contributed by atoms with Gasteiger partial charge in [-0.3, -0.25) is 4.79 Å². The summed E-state index contributed by atoms with van der Waals surface area (Å²) in [7, 11) is 3.26. The second kappa shape index (κ2) is 10.0. The van der Waals surface area contributed by atoms with Gasteiger partial charge in [0.25, 0.3) is 5.56 Å². The van der Waals surface area contributed by atoms with Crippen molar-refractivity contribution in [2.45, 2.75) is 25.4 Å². The smallest absolute Gasteiger partial charge is 0.254 e. The molecule has 38 heavy (non-hydrogen) atoms. The van der Waals surface area contributed by atoms with E-state index in [0.717, 1.165) is 41.8 Å². The van der Waals surface area contributed by atoms with Crippen LogP contribution in [-0.4, -0.2) is 46.0 Å². The predicted molar refractivity (Wildman–Crippen MR) is 145 cm³/mol. The Kier molecular flexibility index (Phi) is 6.25. The second-order valence-corrected chi connectivity index (χ2v) is 9.38. The first-order valence-corrected chi connectivity index (χ1v) is 12.6. The molecule has 0 radical (unpaired) electrons. The maximum atomic E-state index is 13.6. The largest absolute Gasteiger partial charge is 0.497 e. The summed E-state index contributed by atoms with van der Waals surface area (Å²) in [6.45, 7) is 1.23. The van der Waals surface area contributed by atoms with Crippen LogP contribution in [0.2, 0.25) is 0 Å². The summed E-state index contributed by atoms with van der Waals surface area (Å²) in [5, 5.41) is 13.8. The van der Waals surface area contributed by atoms with Crippen LogP contribution in [0.1, 0.15) is 35.0 Å². The highest BCUT2D eigenvalue weighted by Gasteiger charge is 2.33. The summed E-state index contributed by atoms with van der Waals surface area (Å²) >= 11 is 0. The molecule has 0 saturated carbocycles. The van der Waals surface area contributed by atoms with Gasteiger partial charge < -0.3 is 19.4 Å². The summed E-state index contributed by atoms with van der Waals surface area (Å²) < 4.78 is 12.4. The molecule has 3 aromatic carbocycles. The average Bonchev–Trinajstić information content (AvgIpc) is 3.41. The van der Waals surface area contributed by atoms with Gasteiger partial charge >= 0.3 is 0 Å². The topological polar surface area (TPSA) is 98.2 Å². The first-order valence-electron chi connectivity index (χ1n) is 12.6. The number of hydrogen-bond acceptors (Lipinski definition) is 7. The van der Waals surface area contributed by atoms with Gasteiger partial charge in [0, 0.05) is 23.9 Å². The number of tetrazole rings is 1. The third-order valence-electron chi connectivity index (χ3n) is 7.13. The molecule has 6 rings (SSSR count). The van der Waals surface area contributed by atoms with Crippen molar-refractivity contribution in [2.24, 2.45) is 0 Å². The summed E-state index contributed by atoms with van der Waals surface area (Å²) in [4.78, 5) is 19.0. The monoisotopic (exact) mass is 508 g/mol. The number of para-hydroxylation sites is 1. The van der Waals surface area contributed by atoms with E-state index in [4.69, 9.17) is 9.47 Å². The van der Waals surface area contributed by atoms with Crippen molar-refractivity contribution < 1.29 is 9.47 Å². The van der Waals surface area contributed by atoms with Gasteiger partial charge in [-0.05, 0) is 76.2 Å². The number of H-pyrrole nitrogens is 1. The van der Waals surface area contributed by atoms with Crippen molar-refractivity contribution in [1.82, 2.24) is 25.2 Å². The van der Waals surface area contributed by atoms with Crippen molar-refractivity contribution in [3.63, 3.8) is 0 Å². The molecule has 0 bridgehead atoms. The molecule has 5 aromatic rings. The maximum absolute atomic E-state index is 13.6. The quantitative estimate of drug-likeness (QED) is 0.353. The van der Waals surface area contributed by atoms with Crippen LogP contribution >= 0.6 is 0 Å². The van der Waals surface area contributed by atoms with Gasteiger partial charge in [-0.15, -0.1) is 5.10 Å². The number of pyridine rings is 1. The number of benzene rings is 3. The number of anilines is 1. The van der Waals surface area contributed by atoms with E-state index >= 15 is 0 Å². The number of rotatable bonds is 7. The number of nitrogens with one attached hydrogen (secondary N) is 1. The molecule has 0 unspecified atom stereocenters. The lowest BCUT2D eigenvalue weighted by Crippen LogP contribution is -2.38. The first-order chi connectivity index (χ1) is 18.6. The van der Waals surface area contributed by atoms with Crippen molar-refractivity contribution >= 4 is 16.6 Å². The highest BCUT2D eigenvalue weighted by Crippen LogP contribution is 2.37. The van der Waals surface area contributed by atoms with Gasteiger partial charge in [-0.1, -0.05) is 30.3 Å². The number of aryl methyl sites for hydroxylation is 1. The zero-order valence-corrected chi connectivity index (χ0v) is 21.3. The second-order valence-electron chi connectivity index (χ2n) is 9.38. The Morgan fingerprint density at radius 2 is 1.76 bits per heavy atom. The van der Waals surface area contributed by atoms with E-state index in [1.54, 1.807) is 18.9 Å². The Morgan fingerprint density at radius 1 is 0.974 bits per heavy atom. The van der Waals surface area contributed by atoms with E-state index in [1.165, 1.54) is 5.56 Å². The fraction of sp³-hybridized carbons (Fsp3) is 0.241. The molecule has 192 valence electrons. The molecule has 0 saturated heterocycles. The highest BCUT2D eigenvalue weighted by atomic mass is 16.5. The van der Waals surface area contributed by atoms with Crippen LogP contribution in [0.5, 0.6) is 11.5 Å². The Labute approximate surface area is 219 Å². The van der Waals surface area contributed by atoms with Gasteiger partial charge in [0.2, 0.25) is 0 Å². The molecular formula is C29H28N6O3. The fourth-order valence-electron chi connectivity index (χ4n) is 5.23. The van der Waals surface area contributed by atoms with E-state index in [0.29, 0.717) is 29.2 Å². The van der Waals surface area contributed by atoms with Crippen molar-refractivity contribution in [3.8, 4) is 11.5 Å². The third kappa shape index (κ3) is 4.36. The Balaban J connectivity index is 1.50. The zero-order chi connectivity index (χ0) is 26.1. The highest BCUT2D eigenvalue weighted by molar-refractivity contribution is 5.81. The van der Waals surface area contributed by atoms with Crippen molar-refractivity contribution in [2.75, 3.05) is 25.7 Å². The third-order valence-corrected chi connectivity index (χ3v) is 7.13. The number of methoxy groups -OCH3 is 2. The minimum atomic E-state index is -0.486. The van der Waals surface area contributed by atoms with Gasteiger partial charge in [-0.25, -0.2) is 4.68 Å². The molecule has 2 aromatic heterocycles. The molecule has 1 aliphatic heterocycles. The molecule has 1 N–H and O–H groups in total. The van der Waals surface area contributed by atoms with Crippen LogP contribution < -0.4 is 19.9 Å². The molecule has 0 amide bonds. The van der Waals surface area contributed by atoms with Crippen molar-refractivity contribution in [1.29, 1.82) is 0 Å². The number of hydrogen-bond donors (Lipinski definition) is 1. The minimum Gasteiger partial charge on any atom is -0.497 e. The number of ether oxygens (including phenoxy) is 2. The first kappa shape index (κ1) is 23.7. The normalized spacial score (nSPS) is 13.8. The molecule has 0 spiro atoms. The van der Waals surface area contributed by atoms with E-state index in [9.17, 15) is 4.79 Å². The van der Waals surface area contributed by atoms with Gasteiger partial charge in [0.15, 0.2) is 5.82 Å². The van der Waals surface area contributed by atoms with E-state index in [-0.39, 0.29) is 5.56 Å². The molecule has 1 atom stereocenters. The lowest BCUT2D eigenvalue weighted by atomic mass is 9.96. The van der Waals surface area contributed by atoms with Crippen LogP contribution in [0, 0.1) is 0 Å². The minimum absolute atomic E-state index is 0.183. The SMILES string of the molecule is COc1ccc(Cn2nnnc2[C@@H](c2cc3ccc(OC)cc3[nH]c2=O)N2CCCc3ccccc32)cc1. The van der Waals surface area contributed by atoms with Crippen LogP contribution in [0.3, 0.4) is 0 Å². The number of fused-ring (bicyclic) bond motifs is 2. The number of nitrogens with zero attached hydrogens (tertiary/aromatic N) is 5. The van der Waals surface area contributed by atoms with Crippen LogP contribution in [0.25, 0.3) is 10.9 Å². The number of aromatic nitrogens is 5. The van der Waals surface area contributed by atoms with Crippen molar-refractivity contribution in [3.05, 3.63) is 106 Å². The molecule has 1 aliphatic rings. The average molecular weight is 509 g/mol. The van der Waals surface area contributed by atoms with Crippen LogP contribution in [0.15, 0.2) is 77.6 Å². The molecule has 9 heteroatoms. The Bertz CT molecular complexity index is 1640. The predicted octanol–water partition coefficient (Wildman–Crippen LogP) is 4.12. The molecule has 0 fully saturated rings. The van der Waals surface area contributed by atoms with E-state index in [1.807, 2.05) is 54.6 Å². The molecule has 3 heterocycles. The van der Waals surface area contributed by atoms with Crippen LogP contribution in [-0.2, 0) is 13.0 Å². The lowest BCUT2D eigenvalue weighted by Gasteiger charge is -2.37. The summed E-state index contributed by atoms with van der Waals surface area (Å²) in [6, 6.07) is 23.3. The summed E-state index contributed by atoms with van der Waals surface area (Å²) in [5.41, 5.74) is 4.49. The lowest BCUT2D eigenvalue weighted by molar-refractivity contribution is 0.414. The summed E-state index contributed by atoms with van der Waals surface area (Å²) in [6.07, 6.45) is 1.96. The molecular weight excluding hydrogens is 480 g/mol. The zero-order valence-electron chi connectivity index (χ0n) is 21.3. The van der Waals surface area contributed by atoms with Gasteiger partial charge in [0.1, 0.15) is 17.5 Å². The van der Waals surface area contributed by atoms with Gasteiger partial charge in [-0.2, -0.15) is 0 Å². The number of aromatic amines is 1. The Hall–Kier alpha value is -4.66. The molecule has 0 aliphatic carbocycles. The van der Waals surface area contributed by atoms with E-state index in [2.05, 4.69) is 43.6 Å². The molecule has 9 nitrogen and oxygen atoms in total.